The second-order valence-corrected chi connectivity index (χ2v) is 8.99. The van der Waals surface area contributed by atoms with Crippen LogP contribution in [0.3, 0.4) is 0 Å². The van der Waals surface area contributed by atoms with Crippen LogP contribution in [0.15, 0.2) is 42.5 Å². The maximum absolute atomic E-state index is 12.7. The van der Waals surface area contributed by atoms with Gasteiger partial charge in [-0.2, -0.15) is 0 Å². The number of halogens is 1. The van der Waals surface area contributed by atoms with E-state index in [2.05, 4.69) is 21.3 Å². The third kappa shape index (κ3) is 8.56. The summed E-state index contributed by atoms with van der Waals surface area (Å²) < 4.78 is 4.96. The summed E-state index contributed by atoms with van der Waals surface area (Å²) in [6.45, 7) is 1.13. The minimum absolute atomic E-state index is 0.00700. The molecular weight excluding hydrogens is 468 g/mol. The number of nitrogens with one attached hydrogen (secondary N) is 4. The lowest BCUT2D eigenvalue weighted by Crippen LogP contribution is -2.36. The van der Waals surface area contributed by atoms with Crippen molar-refractivity contribution in [2.24, 2.45) is 0 Å². The first-order chi connectivity index (χ1) is 17.0. The van der Waals surface area contributed by atoms with E-state index in [-0.39, 0.29) is 30.3 Å². The first-order valence-corrected chi connectivity index (χ1v) is 12.4. The van der Waals surface area contributed by atoms with E-state index >= 15 is 0 Å². The molecule has 1 saturated carbocycles. The number of carbonyl (C=O) groups excluding carboxylic acids is 3. The lowest BCUT2D eigenvalue weighted by atomic mass is 9.95. The van der Waals surface area contributed by atoms with Crippen molar-refractivity contribution in [2.45, 2.75) is 44.6 Å². The van der Waals surface area contributed by atoms with E-state index in [4.69, 9.17) is 16.3 Å². The monoisotopic (exact) mass is 500 g/mol. The molecule has 0 aliphatic heterocycles. The highest BCUT2D eigenvalue weighted by Gasteiger charge is 2.18. The smallest absolute Gasteiger partial charge is 0.253 e. The average molecular weight is 501 g/mol. The Morgan fingerprint density at radius 1 is 0.971 bits per heavy atom. The number of carbonyl (C=O) groups is 3. The topological polar surface area (TPSA) is 109 Å². The molecule has 4 N–H and O–H groups in total. The van der Waals surface area contributed by atoms with E-state index in [9.17, 15) is 14.4 Å². The van der Waals surface area contributed by atoms with Crippen LogP contribution < -0.4 is 21.3 Å². The normalized spacial score (nSPS) is 13.7. The summed E-state index contributed by atoms with van der Waals surface area (Å²) in [4.78, 5) is 37.2. The van der Waals surface area contributed by atoms with Gasteiger partial charge in [0.05, 0.1) is 17.1 Å². The molecular formula is C26H33ClN4O4. The maximum Gasteiger partial charge on any atom is 0.253 e. The minimum atomic E-state index is -0.259. The summed E-state index contributed by atoms with van der Waals surface area (Å²) >= 11 is 6.25. The van der Waals surface area contributed by atoms with Gasteiger partial charge in [-0.3, -0.25) is 14.4 Å². The Kier molecular flexibility index (Phi) is 10.4. The van der Waals surface area contributed by atoms with Crippen LogP contribution in [0.5, 0.6) is 0 Å². The van der Waals surface area contributed by atoms with Crippen LogP contribution in [-0.2, 0) is 9.53 Å². The molecule has 0 saturated heterocycles. The van der Waals surface area contributed by atoms with Crippen LogP contribution in [0.25, 0.3) is 0 Å². The number of benzene rings is 2. The van der Waals surface area contributed by atoms with Gasteiger partial charge >= 0.3 is 0 Å². The molecule has 8 nitrogen and oxygen atoms in total. The molecule has 0 radical (unpaired) electrons. The number of hydrogen-bond acceptors (Lipinski definition) is 5. The minimum Gasteiger partial charge on any atom is -0.385 e. The quantitative estimate of drug-likeness (QED) is 0.345. The lowest BCUT2D eigenvalue weighted by molar-refractivity contribution is -0.114. The Bertz CT molecular complexity index is 1010. The molecule has 188 valence electrons. The second kappa shape index (κ2) is 13.7. The van der Waals surface area contributed by atoms with Crippen LogP contribution in [-0.4, -0.2) is 50.6 Å². The number of anilines is 2. The average Bonchev–Trinajstić information content (AvgIpc) is 2.87. The van der Waals surface area contributed by atoms with Crippen molar-refractivity contribution in [3.05, 3.63) is 58.6 Å². The molecule has 0 atom stereocenters. The molecule has 0 unspecified atom stereocenters. The molecule has 3 amide bonds. The van der Waals surface area contributed by atoms with E-state index in [0.717, 1.165) is 32.1 Å². The van der Waals surface area contributed by atoms with Crippen molar-refractivity contribution in [3.8, 4) is 0 Å². The highest BCUT2D eigenvalue weighted by Crippen LogP contribution is 2.23. The van der Waals surface area contributed by atoms with Gasteiger partial charge in [-0.1, -0.05) is 30.9 Å². The van der Waals surface area contributed by atoms with Crippen LogP contribution in [0.1, 0.15) is 59.2 Å². The fourth-order valence-electron chi connectivity index (χ4n) is 3.93. The van der Waals surface area contributed by atoms with Crippen molar-refractivity contribution in [3.63, 3.8) is 0 Å². The van der Waals surface area contributed by atoms with Gasteiger partial charge in [0, 0.05) is 43.2 Å². The largest absolute Gasteiger partial charge is 0.385 e. The summed E-state index contributed by atoms with van der Waals surface area (Å²) in [6, 6.07) is 11.9. The van der Waals surface area contributed by atoms with Crippen molar-refractivity contribution in [1.29, 1.82) is 0 Å². The van der Waals surface area contributed by atoms with Gasteiger partial charge in [0.15, 0.2) is 0 Å². The molecule has 0 spiro atoms. The van der Waals surface area contributed by atoms with Crippen molar-refractivity contribution in [1.82, 2.24) is 10.6 Å². The standard InChI is InChI=1S/C26H33ClN4O4/c1-35-15-5-14-28-25(33)18-8-10-20(11-9-18)30-24(32)17-29-21-12-13-23(27)22(16-21)26(34)31-19-6-3-2-4-7-19/h8-13,16,19,29H,2-7,14-15,17H2,1H3,(H,28,33)(H,30,32)(H,31,34). The molecule has 0 heterocycles. The third-order valence-electron chi connectivity index (χ3n) is 5.85. The van der Waals surface area contributed by atoms with Gasteiger partial charge in [0.2, 0.25) is 5.91 Å². The Morgan fingerprint density at radius 3 is 2.40 bits per heavy atom. The van der Waals surface area contributed by atoms with Crippen molar-refractivity contribution < 1.29 is 19.1 Å². The number of amides is 3. The fraction of sp³-hybridized carbons (Fsp3) is 0.423. The summed E-state index contributed by atoms with van der Waals surface area (Å²) in [5, 5.41) is 12.1. The molecule has 35 heavy (non-hydrogen) atoms. The van der Waals surface area contributed by atoms with Crippen LogP contribution >= 0.6 is 11.6 Å². The number of ether oxygens (including phenoxy) is 1. The molecule has 1 aliphatic carbocycles. The Labute approximate surface area is 211 Å². The SMILES string of the molecule is COCCCNC(=O)c1ccc(NC(=O)CNc2ccc(Cl)c(C(=O)NC3CCCCC3)c2)cc1. The van der Waals surface area contributed by atoms with Gasteiger partial charge < -0.3 is 26.0 Å². The van der Waals surface area contributed by atoms with Crippen molar-refractivity contribution in [2.75, 3.05) is 37.4 Å². The van der Waals surface area contributed by atoms with Crippen LogP contribution in [0, 0.1) is 0 Å². The zero-order valence-electron chi connectivity index (χ0n) is 20.0. The zero-order valence-corrected chi connectivity index (χ0v) is 20.7. The Hall–Kier alpha value is -3.10. The third-order valence-corrected chi connectivity index (χ3v) is 6.18. The van der Waals surface area contributed by atoms with Crippen LogP contribution in [0.4, 0.5) is 11.4 Å². The van der Waals surface area contributed by atoms with Crippen LogP contribution in [0.2, 0.25) is 5.02 Å². The van der Waals surface area contributed by atoms with Gasteiger partial charge in [0.1, 0.15) is 0 Å². The van der Waals surface area contributed by atoms with Gasteiger partial charge in [-0.05, 0) is 61.7 Å². The second-order valence-electron chi connectivity index (χ2n) is 8.58. The first-order valence-electron chi connectivity index (χ1n) is 12.0. The molecule has 1 aliphatic rings. The maximum atomic E-state index is 12.7. The van der Waals surface area contributed by atoms with E-state index < -0.39 is 0 Å². The first kappa shape index (κ1) is 26.5. The summed E-state index contributed by atoms with van der Waals surface area (Å²) in [5.74, 6) is -0.630. The molecule has 2 aromatic rings. The highest BCUT2D eigenvalue weighted by molar-refractivity contribution is 6.34. The molecule has 9 heteroatoms. The van der Waals surface area contributed by atoms with E-state index in [1.807, 2.05) is 0 Å². The molecule has 0 bridgehead atoms. The molecule has 0 aromatic heterocycles. The number of hydrogen-bond donors (Lipinski definition) is 4. The highest BCUT2D eigenvalue weighted by atomic mass is 35.5. The Morgan fingerprint density at radius 2 is 1.69 bits per heavy atom. The van der Waals surface area contributed by atoms with Gasteiger partial charge in [-0.25, -0.2) is 0 Å². The zero-order chi connectivity index (χ0) is 25.0. The molecule has 3 rings (SSSR count). The predicted molar refractivity (Wildman–Crippen MR) is 138 cm³/mol. The van der Waals surface area contributed by atoms with E-state index in [0.29, 0.717) is 40.7 Å². The summed E-state index contributed by atoms with van der Waals surface area (Å²) in [5.41, 5.74) is 2.10. The predicted octanol–water partition coefficient (Wildman–Crippen LogP) is 4.22. The van der Waals surface area contributed by atoms with Gasteiger partial charge in [-0.15, -0.1) is 0 Å². The number of methoxy groups -OCH3 is 1. The van der Waals surface area contributed by atoms with E-state index in [1.54, 1.807) is 49.6 Å². The number of rotatable bonds is 11. The Balaban J connectivity index is 1.48. The molecule has 1 fully saturated rings. The van der Waals surface area contributed by atoms with Crippen molar-refractivity contribution >= 4 is 40.7 Å². The van der Waals surface area contributed by atoms with E-state index in [1.165, 1.54) is 6.42 Å². The molecule has 2 aromatic carbocycles. The lowest BCUT2D eigenvalue weighted by Gasteiger charge is -2.23. The summed E-state index contributed by atoms with van der Waals surface area (Å²) in [7, 11) is 1.62. The van der Waals surface area contributed by atoms with Gasteiger partial charge in [0.25, 0.3) is 11.8 Å². The summed E-state index contributed by atoms with van der Waals surface area (Å²) in [6.07, 6.45) is 6.18. The fourth-order valence-corrected chi connectivity index (χ4v) is 4.14.